The van der Waals surface area contributed by atoms with Gasteiger partial charge in [0, 0.05) is 44.5 Å². The van der Waals surface area contributed by atoms with E-state index < -0.39 is 0 Å². The highest BCUT2D eigenvalue weighted by molar-refractivity contribution is 6.00. The molecule has 0 N–H and O–H groups in total. The van der Waals surface area contributed by atoms with Gasteiger partial charge >= 0.3 is 0 Å². The molecule has 0 spiro atoms. The standard InChI is InChI=1S/C58H47N3/c1-57(2)49-37-46(59(44-31-27-41(28-32-44)39-17-7-4-8-18-39)45-33-29-42(30-34-45)40-19-9-5-10-20-40)35-36-53(49)61-51-25-15-13-23-47(51)54-55(61)50(57)38-58(3)48-24-14-16-26-52(48)60(56(54)58)43-21-11-6-12-22-43/h4-21,23-38,43,56H,22H2,1-3H3. The number of fused-ring (bicyclic) bond motifs is 9. The molecule has 0 fully saturated rings. The summed E-state index contributed by atoms with van der Waals surface area (Å²) < 4.78 is 2.60. The summed E-state index contributed by atoms with van der Waals surface area (Å²) in [5, 5.41) is 1.35. The smallest absolute Gasteiger partial charge is 0.0705 e. The minimum atomic E-state index is -0.297. The lowest BCUT2D eigenvalue weighted by atomic mass is 9.63. The van der Waals surface area contributed by atoms with Crippen LogP contribution in [-0.2, 0) is 10.8 Å². The highest BCUT2D eigenvalue weighted by Gasteiger charge is 2.56. The van der Waals surface area contributed by atoms with Gasteiger partial charge in [-0.15, -0.1) is 0 Å². The fraction of sp³-hybridized carbons (Fsp3) is 0.138. The van der Waals surface area contributed by atoms with Crippen LogP contribution in [0.2, 0.25) is 0 Å². The third-order valence-corrected chi connectivity index (χ3v) is 14.1. The molecule has 61 heavy (non-hydrogen) atoms. The Hall–Kier alpha value is -7.10. The van der Waals surface area contributed by atoms with E-state index >= 15 is 0 Å². The number of hydrogen-bond donors (Lipinski definition) is 0. The molecular weight excluding hydrogens is 739 g/mol. The molecule has 3 heterocycles. The fourth-order valence-corrected chi connectivity index (χ4v) is 11.2. The van der Waals surface area contributed by atoms with Crippen LogP contribution in [0.25, 0.3) is 44.4 Å². The molecule has 12 rings (SSSR count). The van der Waals surface area contributed by atoms with Gasteiger partial charge in [-0.1, -0.05) is 166 Å². The summed E-state index contributed by atoms with van der Waals surface area (Å²) in [7, 11) is 0. The number of aromatic nitrogens is 1. The zero-order valence-electron chi connectivity index (χ0n) is 34.8. The molecule has 8 aromatic rings. The zero-order chi connectivity index (χ0) is 40.9. The Balaban J connectivity index is 1.06. The van der Waals surface area contributed by atoms with Crippen LogP contribution in [0, 0.1) is 0 Å². The topological polar surface area (TPSA) is 11.4 Å². The Kier molecular flexibility index (Phi) is 7.90. The number of benzene rings is 7. The number of hydrogen-bond acceptors (Lipinski definition) is 2. The first-order valence-corrected chi connectivity index (χ1v) is 21.7. The highest BCUT2D eigenvalue weighted by Crippen LogP contribution is 2.64. The van der Waals surface area contributed by atoms with Crippen LogP contribution in [0.3, 0.4) is 0 Å². The van der Waals surface area contributed by atoms with E-state index in [1.54, 1.807) is 0 Å². The van der Waals surface area contributed by atoms with Gasteiger partial charge in [0.2, 0.25) is 0 Å². The second-order valence-electron chi connectivity index (χ2n) is 17.9. The predicted molar refractivity (Wildman–Crippen MR) is 256 cm³/mol. The van der Waals surface area contributed by atoms with E-state index in [1.807, 2.05) is 0 Å². The van der Waals surface area contributed by atoms with Crippen molar-refractivity contribution in [1.29, 1.82) is 0 Å². The van der Waals surface area contributed by atoms with Crippen LogP contribution in [0.4, 0.5) is 22.7 Å². The van der Waals surface area contributed by atoms with Gasteiger partial charge in [-0.25, -0.2) is 0 Å². The Labute approximate surface area is 358 Å². The fourth-order valence-electron chi connectivity index (χ4n) is 11.2. The summed E-state index contributed by atoms with van der Waals surface area (Å²) in [6, 6.07) is 65.4. The van der Waals surface area contributed by atoms with Crippen molar-refractivity contribution in [3.05, 3.63) is 229 Å². The molecule has 294 valence electrons. The van der Waals surface area contributed by atoms with Crippen LogP contribution < -0.4 is 9.80 Å². The molecule has 3 atom stereocenters. The van der Waals surface area contributed by atoms with Gasteiger partial charge in [-0.2, -0.15) is 0 Å². The largest absolute Gasteiger partial charge is 0.356 e. The van der Waals surface area contributed by atoms with Crippen molar-refractivity contribution < 1.29 is 0 Å². The van der Waals surface area contributed by atoms with Crippen LogP contribution in [0.15, 0.2) is 206 Å². The number of nitrogens with zero attached hydrogens (tertiary/aromatic N) is 3. The van der Waals surface area contributed by atoms with E-state index in [0.29, 0.717) is 0 Å². The summed E-state index contributed by atoms with van der Waals surface area (Å²) in [6.07, 6.45) is 12.8. The van der Waals surface area contributed by atoms with E-state index in [1.165, 1.54) is 72.5 Å². The average molecular weight is 786 g/mol. The van der Waals surface area contributed by atoms with Crippen molar-refractivity contribution in [2.45, 2.75) is 50.1 Å². The molecule has 2 aliphatic heterocycles. The van der Waals surface area contributed by atoms with Crippen LogP contribution in [-0.4, -0.2) is 10.6 Å². The van der Waals surface area contributed by atoms with E-state index in [4.69, 9.17) is 0 Å². The number of para-hydroxylation sites is 2. The third kappa shape index (κ3) is 5.29. The molecule has 0 saturated carbocycles. The average Bonchev–Trinajstić information content (AvgIpc) is 3.79. The summed E-state index contributed by atoms with van der Waals surface area (Å²) in [6.45, 7) is 7.41. The molecule has 0 saturated heterocycles. The minimum Gasteiger partial charge on any atom is -0.356 e. The van der Waals surface area contributed by atoms with Gasteiger partial charge in [0.1, 0.15) is 0 Å². The van der Waals surface area contributed by atoms with Crippen molar-refractivity contribution >= 4 is 39.2 Å². The molecule has 3 nitrogen and oxygen atoms in total. The monoisotopic (exact) mass is 785 g/mol. The highest BCUT2D eigenvalue weighted by atomic mass is 15.2. The third-order valence-electron chi connectivity index (χ3n) is 14.1. The molecule has 4 aliphatic rings. The number of rotatable bonds is 6. The molecule has 0 amide bonds. The van der Waals surface area contributed by atoms with Gasteiger partial charge < -0.3 is 14.4 Å². The van der Waals surface area contributed by atoms with Gasteiger partial charge in [-0.3, -0.25) is 0 Å². The second-order valence-corrected chi connectivity index (χ2v) is 17.9. The molecule has 2 aliphatic carbocycles. The first-order chi connectivity index (χ1) is 29.9. The molecule has 7 aromatic carbocycles. The van der Waals surface area contributed by atoms with Crippen LogP contribution >= 0.6 is 0 Å². The predicted octanol–water partition coefficient (Wildman–Crippen LogP) is 14.8. The lowest BCUT2D eigenvalue weighted by Gasteiger charge is -2.47. The van der Waals surface area contributed by atoms with Gasteiger partial charge in [-0.05, 0) is 107 Å². The van der Waals surface area contributed by atoms with E-state index in [-0.39, 0.29) is 22.9 Å². The Morgan fingerprint density at radius 2 is 1.13 bits per heavy atom. The van der Waals surface area contributed by atoms with Gasteiger partial charge in [0.05, 0.1) is 29.0 Å². The maximum Gasteiger partial charge on any atom is 0.0705 e. The molecule has 1 aromatic heterocycles. The van der Waals surface area contributed by atoms with Gasteiger partial charge in [0.15, 0.2) is 0 Å². The van der Waals surface area contributed by atoms with Crippen LogP contribution in [0.5, 0.6) is 0 Å². The first-order valence-electron chi connectivity index (χ1n) is 21.7. The molecule has 3 heteroatoms. The maximum absolute atomic E-state index is 2.75. The second kappa shape index (κ2) is 13.5. The Morgan fingerprint density at radius 3 is 1.79 bits per heavy atom. The first kappa shape index (κ1) is 35.8. The van der Waals surface area contributed by atoms with E-state index in [9.17, 15) is 0 Å². The molecular formula is C58H47N3. The van der Waals surface area contributed by atoms with Crippen molar-refractivity contribution in [3.63, 3.8) is 0 Å². The van der Waals surface area contributed by atoms with Gasteiger partial charge in [0.25, 0.3) is 0 Å². The van der Waals surface area contributed by atoms with Crippen molar-refractivity contribution in [3.8, 4) is 27.9 Å². The Morgan fingerprint density at radius 1 is 0.541 bits per heavy atom. The SMILES string of the molecule is CC1(C)C2=CC3(C)c4ccccc4N(C4C=CC=CC4)C3c3c2n(c2ccccc32)-c2ccc(N(c3ccc(-c4ccccc4)cc3)c3ccc(-c4ccccc4)cc3)cc21. The van der Waals surface area contributed by atoms with Crippen molar-refractivity contribution in [2.75, 3.05) is 9.80 Å². The molecule has 0 bridgehead atoms. The normalized spacial score (nSPS) is 20.1. The van der Waals surface area contributed by atoms with Crippen molar-refractivity contribution in [1.82, 2.24) is 4.57 Å². The van der Waals surface area contributed by atoms with Crippen LogP contribution in [0.1, 0.15) is 55.6 Å². The molecule has 3 unspecified atom stereocenters. The lowest BCUT2D eigenvalue weighted by molar-refractivity contribution is 0.445. The lowest BCUT2D eigenvalue weighted by Crippen LogP contribution is -2.44. The summed E-state index contributed by atoms with van der Waals surface area (Å²) in [4.78, 5) is 5.18. The number of anilines is 4. The van der Waals surface area contributed by atoms with Crippen molar-refractivity contribution in [2.24, 2.45) is 0 Å². The molecule has 0 radical (unpaired) electrons. The van der Waals surface area contributed by atoms with E-state index in [0.717, 1.165) is 23.5 Å². The Bertz CT molecular complexity index is 3010. The minimum absolute atomic E-state index is 0.154. The summed E-state index contributed by atoms with van der Waals surface area (Å²) in [5.74, 6) is 0. The van der Waals surface area contributed by atoms with E-state index in [2.05, 4.69) is 241 Å². The number of allylic oxidation sites excluding steroid dienone is 3. The summed E-state index contributed by atoms with van der Waals surface area (Å²) >= 11 is 0. The zero-order valence-corrected chi connectivity index (χ0v) is 34.8. The quantitative estimate of drug-likeness (QED) is 0.166. The summed E-state index contributed by atoms with van der Waals surface area (Å²) in [5.41, 5.74) is 18.5. The maximum atomic E-state index is 2.75.